The third kappa shape index (κ3) is 3.52. The fourth-order valence-electron chi connectivity index (χ4n) is 2.74. The summed E-state index contributed by atoms with van der Waals surface area (Å²) in [6.45, 7) is 4.18. The molecule has 2 aromatic carbocycles. The average Bonchev–Trinajstić information content (AvgIpc) is 3.25. The van der Waals surface area contributed by atoms with E-state index in [4.69, 9.17) is 0 Å². The number of ketones is 1. The van der Waals surface area contributed by atoms with Gasteiger partial charge in [-0.1, -0.05) is 23.9 Å². The van der Waals surface area contributed by atoms with Crippen LogP contribution in [0.4, 0.5) is 4.39 Å². The summed E-state index contributed by atoms with van der Waals surface area (Å²) in [5, 5.41) is 11.2. The first-order valence-corrected chi connectivity index (χ1v) is 10.2. The van der Waals surface area contributed by atoms with Crippen LogP contribution in [0.1, 0.15) is 21.5 Å². The number of rotatable bonds is 5. The molecule has 4 aromatic rings. The normalized spacial score (nSPS) is 11.2. The minimum Gasteiger partial charge on any atom is -0.293 e. The molecule has 0 radical (unpaired) electrons. The first-order chi connectivity index (χ1) is 13.0. The van der Waals surface area contributed by atoms with Gasteiger partial charge >= 0.3 is 0 Å². The molecule has 0 atom stereocenters. The topological polar surface area (TPSA) is 47.3 Å². The van der Waals surface area contributed by atoms with Gasteiger partial charge in [0.1, 0.15) is 5.82 Å². The maximum Gasteiger partial charge on any atom is 0.217 e. The van der Waals surface area contributed by atoms with Gasteiger partial charge in [0.15, 0.2) is 10.9 Å². The number of benzene rings is 2. The van der Waals surface area contributed by atoms with Crippen LogP contribution in [0.5, 0.6) is 0 Å². The van der Waals surface area contributed by atoms with E-state index in [0.29, 0.717) is 10.7 Å². The van der Waals surface area contributed by atoms with Gasteiger partial charge in [0.25, 0.3) is 0 Å². The summed E-state index contributed by atoms with van der Waals surface area (Å²) in [6.07, 6.45) is 0. The monoisotopic (exact) mass is 397 g/mol. The Labute approximate surface area is 164 Å². The van der Waals surface area contributed by atoms with E-state index < -0.39 is 0 Å². The lowest BCUT2D eigenvalue weighted by Crippen LogP contribution is -2.03. The Hall–Kier alpha value is -2.51. The molecular formula is C20H16FN3OS2. The largest absolute Gasteiger partial charge is 0.293 e. The van der Waals surface area contributed by atoms with E-state index in [2.05, 4.69) is 47.6 Å². The lowest BCUT2D eigenvalue weighted by Gasteiger charge is -2.06. The van der Waals surface area contributed by atoms with Crippen LogP contribution in [0.15, 0.2) is 53.0 Å². The summed E-state index contributed by atoms with van der Waals surface area (Å²) in [6, 6.07) is 11.9. The second-order valence-electron chi connectivity index (χ2n) is 6.24. The van der Waals surface area contributed by atoms with Crippen molar-refractivity contribution in [2.45, 2.75) is 19.0 Å². The summed E-state index contributed by atoms with van der Waals surface area (Å²) in [5.74, 6) is -0.205. The third-order valence-electron chi connectivity index (χ3n) is 4.42. The van der Waals surface area contributed by atoms with Gasteiger partial charge in [-0.3, -0.25) is 9.20 Å². The number of hydrogen-bond donors (Lipinski definition) is 0. The highest BCUT2D eigenvalue weighted by molar-refractivity contribution is 7.99. The zero-order chi connectivity index (χ0) is 19.0. The van der Waals surface area contributed by atoms with Gasteiger partial charge < -0.3 is 0 Å². The third-order valence-corrected chi connectivity index (χ3v) is 6.17. The van der Waals surface area contributed by atoms with Crippen LogP contribution in [-0.2, 0) is 0 Å². The molecule has 4 nitrogen and oxygen atoms in total. The SMILES string of the molecule is Cc1ccc(-c2csc3nnc(SCC(=O)c4ccc(F)cc4)n23)cc1C. The van der Waals surface area contributed by atoms with Gasteiger partial charge in [-0.15, -0.1) is 21.5 Å². The van der Waals surface area contributed by atoms with Crippen LogP contribution in [0, 0.1) is 19.7 Å². The van der Waals surface area contributed by atoms with Gasteiger partial charge in [0.2, 0.25) is 4.96 Å². The first kappa shape index (κ1) is 17.9. The predicted molar refractivity (Wildman–Crippen MR) is 107 cm³/mol. The van der Waals surface area contributed by atoms with Crippen molar-refractivity contribution in [1.29, 1.82) is 0 Å². The molecule has 2 heterocycles. The number of aryl methyl sites for hydroxylation is 2. The predicted octanol–water partition coefficient (Wildman–Crippen LogP) is 5.19. The second-order valence-corrected chi connectivity index (χ2v) is 8.02. The summed E-state index contributed by atoms with van der Waals surface area (Å²) >= 11 is 2.86. The maximum absolute atomic E-state index is 13.0. The molecule has 7 heteroatoms. The zero-order valence-electron chi connectivity index (χ0n) is 14.8. The molecule has 0 aliphatic carbocycles. The molecule has 0 fully saturated rings. The van der Waals surface area contributed by atoms with E-state index in [1.165, 1.54) is 58.5 Å². The van der Waals surface area contributed by atoms with Crippen molar-refractivity contribution in [2.24, 2.45) is 0 Å². The van der Waals surface area contributed by atoms with Crippen molar-refractivity contribution in [3.8, 4) is 11.3 Å². The van der Waals surface area contributed by atoms with Crippen LogP contribution in [0.2, 0.25) is 0 Å². The van der Waals surface area contributed by atoms with Crippen LogP contribution < -0.4 is 0 Å². The first-order valence-electron chi connectivity index (χ1n) is 8.35. The number of fused-ring (bicyclic) bond motifs is 1. The molecule has 0 spiro atoms. The summed E-state index contributed by atoms with van der Waals surface area (Å²) in [4.78, 5) is 13.2. The van der Waals surface area contributed by atoms with E-state index in [-0.39, 0.29) is 17.4 Å². The van der Waals surface area contributed by atoms with Gasteiger partial charge in [0, 0.05) is 10.9 Å². The van der Waals surface area contributed by atoms with Crippen molar-refractivity contribution in [2.75, 3.05) is 5.75 Å². The van der Waals surface area contributed by atoms with Crippen molar-refractivity contribution >= 4 is 33.8 Å². The van der Waals surface area contributed by atoms with Gasteiger partial charge in [-0.05, 0) is 60.9 Å². The molecule has 0 N–H and O–H groups in total. The van der Waals surface area contributed by atoms with E-state index in [1.807, 2.05) is 4.40 Å². The van der Waals surface area contributed by atoms with Crippen LogP contribution in [-0.4, -0.2) is 26.1 Å². The molecule has 2 aromatic heterocycles. The fraction of sp³-hybridized carbons (Fsp3) is 0.150. The van der Waals surface area contributed by atoms with E-state index in [1.54, 1.807) is 0 Å². The van der Waals surface area contributed by atoms with Crippen LogP contribution >= 0.6 is 23.1 Å². The lowest BCUT2D eigenvalue weighted by molar-refractivity contribution is 0.102. The molecule has 27 heavy (non-hydrogen) atoms. The van der Waals surface area contributed by atoms with Crippen molar-refractivity contribution in [3.63, 3.8) is 0 Å². The second kappa shape index (κ2) is 7.25. The van der Waals surface area contributed by atoms with Crippen molar-refractivity contribution in [1.82, 2.24) is 14.6 Å². The Morgan fingerprint density at radius 2 is 1.89 bits per heavy atom. The highest BCUT2D eigenvalue weighted by atomic mass is 32.2. The minimum absolute atomic E-state index is 0.0697. The number of Topliss-reactive ketones (excluding diaryl/α,β-unsaturated/α-hetero) is 1. The molecule has 0 unspecified atom stereocenters. The lowest BCUT2D eigenvalue weighted by atomic mass is 10.1. The smallest absolute Gasteiger partial charge is 0.217 e. The quantitative estimate of drug-likeness (QED) is 0.343. The molecule has 0 bridgehead atoms. The number of nitrogens with zero attached hydrogens (tertiary/aromatic N) is 3. The summed E-state index contributed by atoms with van der Waals surface area (Å²) < 4.78 is 15.0. The van der Waals surface area contributed by atoms with E-state index in [0.717, 1.165) is 16.2 Å². The number of carbonyl (C=O) groups excluding carboxylic acids is 1. The number of carbonyl (C=O) groups is 1. The van der Waals surface area contributed by atoms with Gasteiger partial charge in [0.05, 0.1) is 11.4 Å². The number of thiazole rings is 1. The average molecular weight is 398 g/mol. The molecule has 4 rings (SSSR count). The summed E-state index contributed by atoms with van der Waals surface area (Å²) in [7, 11) is 0. The molecular weight excluding hydrogens is 381 g/mol. The Balaban J connectivity index is 1.61. The zero-order valence-corrected chi connectivity index (χ0v) is 16.4. The van der Waals surface area contributed by atoms with Gasteiger partial charge in [-0.2, -0.15) is 0 Å². The molecule has 0 amide bonds. The minimum atomic E-state index is -0.352. The molecule has 136 valence electrons. The van der Waals surface area contributed by atoms with Crippen molar-refractivity contribution < 1.29 is 9.18 Å². The Bertz CT molecular complexity index is 1130. The maximum atomic E-state index is 13.0. The summed E-state index contributed by atoms with van der Waals surface area (Å²) in [5.41, 5.74) is 5.06. The van der Waals surface area contributed by atoms with E-state index in [9.17, 15) is 9.18 Å². The fourth-order valence-corrected chi connectivity index (χ4v) is 4.47. The Morgan fingerprint density at radius 3 is 2.63 bits per heavy atom. The van der Waals surface area contributed by atoms with Crippen molar-refractivity contribution in [3.05, 3.63) is 70.4 Å². The number of halogens is 1. The Morgan fingerprint density at radius 1 is 1.11 bits per heavy atom. The highest BCUT2D eigenvalue weighted by Gasteiger charge is 2.16. The molecule has 0 aliphatic heterocycles. The standard InChI is InChI=1S/C20H16FN3OS2/c1-12-3-4-15(9-13(12)2)17-10-26-19-22-23-20(24(17)19)27-11-18(25)14-5-7-16(21)8-6-14/h3-10H,11H2,1-2H3. The van der Waals surface area contributed by atoms with E-state index >= 15 is 0 Å². The number of thioether (sulfide) groups is 1. The van der Waals surface area contributed by atoms with Gasteiger partial charge in [-0.25, -0.2) is 4.39 Å². The molecule has 0 saturated heterocycles. The molecule has 0 aliphatic rings. The van der Waals surface area contributed by atoms with Crippen LogP contribution in [0.25, 0.3) is 16.2 Å². The molecule has 0 saturated carbocycles. The highest BCUT2D eigenvalue weighted by Crippen LogP contribution is 2.31. The number of aromatic nitrogens is 3. The Kier molecular flexibility index (Phi) is 4.80. The number of hydrogen-bond acceptors (Lipinski definition) is 5. The van der Waals surface area contributed by atoms with Crippen LogP contribution in [0.3, 0.4) is 0 Å².